The number of ether oxygens (including phenoxy) is 3. The van der Waals surface area contributed by atoms with Crippen LogP contribution in [0.1, 0.15) is 250 Å². The maximum atomic E-state index is 12.0. The molecular formula is C65H122O6. The van der Waals surface area contributed by atoms with Gasteiger partial charge in [0.1, 0.15) is 0 Å². The van der Waals surface area contributed by atoms with Crippen LogP contribution in [-0.2, 0) is 28.6 Å². The van der Waals surface area contributed by atoms with Gasteiger partial charge in [-0.2, -0.15) is 0 Å². The zero-order chi connectivity index (χ0) is 55.2. The van der Waals surface area contributed by atoms with Gasteiger partial charge >= 0.3 is 17.9 Å². The van der Waals surface area contributed by atoms with Crippen molar-refractivity contribution in [1.29, 1.82) is 0 Å². The van der Waals surface area contributed by atoms with E-state index in [-0.39, 0.29) is 34.2 Å². The van der Waals surface area contributed by atoms with Gasteiger partial charge in [-0.1, -0.05) is 184 Å². The Labute approximate surface area is 442 Å². The highest BCUT2D eigenvalue weighted by Gasteiger charge is 2.63. The minimum atomic E-state index is -0.260. The second-order valence-electron chi connectivity index (χ2n) is 28.4. The number of methoxy groups -OCH3 is 3. The van der Waals surface area contributed by atoms with E-state index >= 15 is 0 Å². The van der Waals surface area contributed by atoms with Crippen molar-refractivity contribution in [3.05, 3.63) is 0 Å². The summed E-state index contributed by atoms with van der Waals surface area (Å²) in [6.45, 7) is 55.6. The molecule has 0 radical (unpaired) electrons. The molecule has 0 aromatic carbocycles. The van der Waals surface area contributed by atoms with Crippen molar-refractivity contribution < 1.29 is 28.6 Å². The highest BCUT2D eigenvalue weighted by atomic mass is 16.5. The lowest BCUT2D eigenvalue weighted by Crippen LogP contribution is -2.45. The summed E-state index contributed by atoms with van der Waals surface area (Å²) in [4.78, 5) is 35.9. The van der Waals surface area contributed by atoms with Crippen molar-refractivity contribution in [3.63, 3.8) is 0 Å². The molecule has 6 nitrogen and oxygen atoms in total. The monoisotopic (exact) mass is 999 g/mol. The first-order valence-electron chi connectivity index (χ1n) is 29.8. The average molecular weight is 1000 g/mol. The zero-order valence-corrected chi connectivity index (χ0v) is 52.3. The fourth-order valence-electron chi connectivity index (χ4n) is 16.7. The second-order valence-corrected chi connectivity index (χ2v) is 28.4. The predicted octanol–water partition coefficient (Wildman–Crippen LogP) is 18.2. The van der Waals surface area contributed by atoms with Gasteiger partial charge in [-0.15, -0.1) is 0 Å². The molecule has 71 heavy (non-hydrogen) atoms. The number of rotatable bonds is 11. The molecule has 6 aliphatic rings. The highest BCUT2D eigenvalue weighted by molar-refractivity contribution is 5.78. The molecule has 6 aliphatic carbocycles. The highest BCUT2D eigenvalue weighted by Crippen LogP contribution is 2.65. The van der Waals surface area contributed by atoms with E-state index in [4.69, 9.17) is 14.2 Å². The van der Waals surface area contributed by atoms with Gasteiger partial charge < -0.3 is 14.2 Å². The van der Waals surface area contributed by atoms with Crippen molar-refractivity contribution in [2.75, 3.05) is 21.3 Å². The summed E-state index contributed by atoms with van der Waals surface area (Å²) in [5.74, 6) is 9.91. The fourth-order valence-corrected chi connectivity index (χ4v) is 16.7. The van der Waals surface area contributed by atoms with E-state index in [9.17, 15) is 14.4 Å². The molecule has 18 atom stereocenters. The van der Waals surface area contributed by atoms with E-state index in [0.29, 0.717) is 80.8 Å². The molecule has 0 N–H and O–H groups in total. The molecule has 6 rings (SSSR count). The second kappa shape index (κ2) is 25.5. The molecular weight excluding hydrogens is 877 g/mol. The quantitative estimate of drug-likeness (QED) is 0.152. The zero-order valence-electron chi connectivity index (χ0n) is 52.3. The molecule has 418 valence electrons. The fraction of sp³-hybridized carbons (Fsp3) is 0.954. The Kier molecular flexibility index (Phi) is 23.5. The normalized spacial score (nSPS) is 41.7. The summed E-state index contributed by atoms with van der Waals surface area (Å²) in [6, 6.07) is 0. The molecule has 0 spiro atoms. The summed E-state index contributed by atoms with van der Waals surface area (Å²) in [7, 11) is 4.53. The first-order valence-corrected chi connectivity index (χ1v) is 29.8. The van der Waals surface area contributed by atoms with E-state index in [1.54, 1.807) is 0 Å². The molecule has 6 saturated carbocycles. The van der Waals surface area contributed by atoms with Crippen molar-refractivity contribution in [1.82, 2.24) is 0 Å². The van der Waals surface area contributed by atoms with Crippen molar-refractivity contribution >= 4 is 17.9 Å². The van der Waals surface area contributed by atoms with Gasteiger partial charge in [0.2, 0.25) is 0 Å². The summed E-state index contributed by atoms with van der Waals surface area (Å²) < 4.78 is 15.0. The molecule has 2 bridgehead atoms. The Morgan fingerprint density at radius 3 is 0.930 bits per heavy atom. The Bertz CT molecular complexity index is 1560. The Morgan fingerprint density at radius 1 is 0.380 bits per heavy atom. The molecule has 0 aliphatic heterocycles. The standard InChI is InChI=1S/C13H22O2.2C13H24O2.2C13H26/c1-7-8(2)11-6-10(7)9(3)13(11,4)12(14)15-5;2*1-6-7-11-8-9(2)10(3)13(11,4)12(14)15-5;2*1-7-8-11-9-10(2)12(3,4)13(11,5)6/h7-11H,6H2,1-5H3;2*9-11H,6-8H2,1-5H3;2*10-11H,7-9H2,1-6H3. The molecule has 6 fully saturated rings. The Balaban J connectivity index is 0.000000305. The molecule has 6 heteroatoms. The van der Waals surface area contributed by atoms with Gasteiger partial charge in [-0.25, -0.2) is 0 Å². The van der Waals surface area contributed by atoms with Gasteiger partial charge in [0.15, 0.2) is 0 Å². The third kappa shape index (κ3) is 12.3. The number of esters is 3. The van der Waals surface area contributed by atoms with Crippen molar-refractivity contribution in [3.8, 4) is 0 Å². The summed E-state index contributed by atoms with van der Waals surface area (Å²) in [5, 5.41) is 0. The predicted molar refractivity (Wildman–Crippen MR) is 302 cm³/mol. The van der Waals surface area contributed by atoms with Gasteiger partial charge in [0.25, 0.3) is 0 Å². The third-order valence-electron chi connectivity index (χ3n) is 25.2. The first kappa shape index (κ1) is 65.5. The molecule has 18 unspecified atom stereocenters. The number of carbonyl (C=O) groups is 3. The van der Waals surface area contributed by atoms with Crippen LogP contribution >= 0.6 is 0 Å². The van der Waals surface area contributed by atoms with E-state index in [2.05, 4.69) is 166 Å². The first-order chi connectivity index (χ1) is 32.6. The number of hydrogen-bond donors (Lipinski definition) is 0. The van der Waals surface area contributed by atoms with Crippen LogP contribution in [0.5, 0.6) is 0 Å². The topological polar surface area (TPSA) is 78.9 Å². The molecule has 0 aromatic heterocycles. The lowest BCUT2D eigenvalue weighted by atomic mass is 9.61. The summed E-state index contributed by atoms with van der Waals surface area (Å²) in [6.07, 6.45) is 16.5. The number of hydrogen-bond acceptors (Lipinski definition) is 6. The summed E-state index contributed by atoms with van der Waals surface area (Å²) in [5.41, 5.74) is 1.35. The van der Waals surface area contributed by atoms with Crippen molar-refractivity contribution in [2.24, 2.45) is 127 Å². The Hall–Kier alpha value is -1.59. The van der Waals surface area contributed by atoms with Crippen LogP contribution in [0, 0.1) is 127 Å². The molecule has 0 amide bonds. The minimum Gasteiger partial charge on any atom is -0.469 e. The van der Waals surface area contributed by atoms with Crippen LogP contribution in [0.3, 0.4) is 0 Å². The largest absolute Gasteiger partial charge is 0.469 e. The maximum Gasteiger partial charge on any atom is 0.312 e. The lowest BCUT2D eigenvalue weighted by molar-refractivity contribution is -0.161. The number of fused-ring (bicyclic) bond motifs is 2. The minimum absolute atomic E-state index is 0.00116. The maximum absolute atomic E-state index is 12.0. The van der Waals surface area contributed by atoms with Crippen LogP contribution in [0.2, 0.25) is 0 Å². The smallest absolute Gasteiger partial charge is 0.312 e. The van der Waals surface area contributed by atoms with Gasteiger partial charge in [-0.05, 0) is 176 Å². The van der Waals surface area contributed by atoms with Crippen LogP contribution in [0.25, 0.3) is 0 Å². The van der Waals surface area contributed by atoms with E-state index < -0.39 is 0 Å². The summed E-state index contributed by atoms with van der Waals surface area (Å²) >= 11 is 0. The SMILES string of the molecule is CCCC1CC(C)C(C)(C)C1(C)C.CCCC1CC(C)C(C)(C)C1(C)C.CCCC1CC(C)C(C)C1(C)C(=O)OC.CCCC1CC(C)C(C)C1(C)C(=O)OC.COC(=O)C1(C)C(C)C2CC1C(C)C2C. The van der Waals surface area contributed by atoms with Crippen LogP contribution in [0.15, 0.2) is 0 Å². The van der Waals surface area contributed by atoms with E-state index in [1.165, 1.54) is 79.1 Å². The van der Waals surface area contributed by atoms with Crippen molar-refractivity contribution in [2.45, 2.75) is 250 Å². The van der Waals surface area contributed by atoms with Gasteiger partial charge in [0.05, 0.1) is 37.6 Å². The van der Waals surface area contributed by atoms with Crippen LogP contribution in [-0.4, -0.2) is 39.2 Å². The average Bonchev–Trinajstić information content (AvgIpc) is 4.00. The van der Waals surface area contributed by atoms with Gasteiger partial charge in [0, 0.05) is 0 Å². The van der Waals surface area contributed by atoms with Crippen LogP contribution in [0.4, 0.5) is 0 Å². The van der Waals surface area contributed by atoms with Crippen LogP contribution < -0.4 is 0 Å². The number of carbonyl (C=O) groups excluding carboxylic acids is 3. The molecule has 0 saturated heterocycles. The van der Waals surface area contributed by atoms with Gasteiger partial charge in [-0.3, -0.25) is 14.4 Å². The third-order valence-corrected chi connectivity index (χ3v) is 25.2. The Morgan fingerprint density at radius 2 is 0.676 bits per heavy atom. The lowest BCUT2D eigenvalue weighted by Gasteiger charge is -2.42. The van der Waals surface area contributed by atoms with E-state index in [0.717, 1.165) is 55.3 Å². The molecule has 0 aromatic rings. The molecule has 0 heterocycles. The van der Waals surface area contributed by atoms with E-state index in [1.807, 2.05) is 0 Å².